The third-order valence-corrected chi connectivity index (χ3v) is 0. The minimum Gasteiger partial charge on any atom is -0.356 e. The Labute approximate surface area is 82.1 Å². The fourth-order valence-electron chi connectivity index (χ4n) is 0. The van der Waals surface area contributed by atoms with Gasteiger partial charge in [-0.1, -0.05) is 0 Å². The van der Waals surface area contributed by atoms with E-state index in [0.717, 1.165) is 0 Å². The Hall–Kier alpha value is 0.0830. The smallest absolute Gasteiger partial charge is 0.356 e. The summed E-state index contributed by atoms with van der Waals surface area (Å²) < 4.78 is 31.6. The molecule has 0 unspecified atom stereocenters. The molecule has 0 saturated carbocycles. The summed E-state index contributed by atoms with van der Waals surface area (Å²) in [5.41, 5.74) is 0. The monoisotopic (exact) mass is 278 g/mol. The van der Waals surface area contributed by atoms with Crippen LogP contribution in [0.5, 0.6) is 0 Å². The maximum absolute atomic E-state index is 8.74. The number of rotatable bonds is 0. The van der Waals surface area contributed by atoms with Crippen LogP contribution in [0.1, 0.15) is 0 Å². The van der Waals surface area contributed by atoms with Crippen LogP contribution in [0.4, 0.5) is 0 Å². The van der Waals surface area contributed by atoms with E-state index in [1.807, 2.05) is 0 Å². The molecule has 0 aliphatic heterocycles. The van der Waals surface area contributed by atoms with Crippen molar-refractivity contribution in [3.8, 4) is 0 Å². The van der Waals surface area contributed by atoms with Crippen LogP contribution in [0, 0.1) is 15.3 Å². The normalized spacial score (nSPS) is 7.45. The molecule has 0 fully saturated rings. The Morgan fingerprint density at radius 3 is 1.18 bits per heavy atom. The molecule has 8 nitrogen and oxygen atoms in total. The van der Waals surface area contributed by atoms with Crippen molar-refractivity contribution in [3.63, 3.8) is 0 Å². The van der Waals surface area contributed by atoms with Gasteiger partial charge in [0.15, 0.2) is 0 Å². The second-order valence-electron chi connectivity index (χ2n) is 0.671. The van der Waals surface area contributed by atoms with E-state index in [4.69, 9.17) is 32.8 Å². The Balaban J connectivity index is -0.0000000383. The van der Waals surface area contributed by atoms with Gasteiger partial charge >= 0.3 is 27.2 Å². The van der Waals surface area contributed by atoms with Crippen LogP contribution >= 0.6 is 0 Å². The van der Waals surface area contributed by atoms with E-state index >= 15 is 0 Å². The van der Waals surface area contributed by atoms with E-state index in [2.05, 4.69) is 0 Å². The zero-order valence-electron chi connectivity index (χ0n) is 4.46. The molecule has 0 aromatic carbocycles. The quantitative estimate of drug-likeness (QED) is 0.332. The van der Waals surface area contributed by atoms with Crippen LogP contribution in [-0.4, -0.2) is 22.6 Å². The van der Waals surface area contributed by atoms with Gasteiger partial charge < -0.3 is 15.3 Å². The topological polar surface area (TPSA) is 141 Å². The average Bonchev–Trinajstić information content (AvgIpc) is 1.19. The van der Waals surface area contributed by atoms with Crippen LogP contribution in [0.25, 0.3) is 0 Å². The van der Waals surface area contributed by atoms with Gasteiger partial charge in [0.05, 0.1) is 5.09 Å². The summed E-state index contributed by atoms with van der Waals surface area (Å²) in [4.78, 5) is 8.25. The summed E-state index contributed by atoms with van der Waals surface area (Å²) in [5, 5.41) is 14.8. The fraction of sp³-hybridized carbons (Fsp3) is 0. The first-order chi connectivity index (χ1) is 3.73. The molecule has 0 aliphatic carbocycles. The van der Waals surface area contributed by atoms with Crippen molar-refractivity contribution >= 4 is 10.4 Å². The van der Waals surface area contributed by atoms with Crippen LogP contribution in [0.15, 0.2) is 0 Å². The molecular formula is H2Co2NO7S+. The molecule has 0 amide bonds. The number of hydrogen-bond acceptors (Lipinski definition) is 5. The van der Waals surface area contributed by atoms with Crippen molar-refractivity contribution in [3.05, 3.63) is 15.3 Å². The average molecular weight is 278 g/mol. The van der Waals surface area contributed by atoms with E-state index in [0.29, 0.717) is 0 Å². The first kappa shape index (κ1) is 22.5. The number of nitrogens with zero attached hydrogens (tertiary/aromatic N) is 1. The largest absolute Gasteiger partial charge is 2.00 e. The Kier molecular flexibility index (Phi) is 20.6. The molecule has 0 atom stereocenters. The molecule has 0 bridgehead atoms. The summed E-state index contributed by atoms with van der Waals surface area (Å²) in [6, 6.07) is 0. The van der Waals surface area contributed by atoms with Gasteiger partial charge in [-0.05, 0) is 0 Å². The van der Waals surface area contributed by atoms with Gasteiger partial charge in [-0.25, -0.2) is 0 Å². The van der Waals surface area contributed by atoms with E-state index in [1.54, 1.807) is 0 Å². The van der Waals surface area contributed by atoms with Crippen LogP contribution in [0.3, 0.4) is 0 Å². The SMILES string of the molecule is O=S(=O)(O)O.O=[N+]([O-])[O-].[Co+2].[Co]. The minimum absolute atomic E-state index is 0. The molecule has 0 aromatic heterocycles. The maximum Gasteiger partial charge on any atom is 2.00 e. The summed E-state index contributed by atoms with van der Waals surface area (Å²) in [7, 11) is -4.67. The summed E-state index contributed by atoms with van der Waals surface area (Å²) >= 11 is 0. The zero-order chi connectivity index (χ0) is 8.08. The molecule has 2 radical (unpaired) electrons. The Morgan fingerprint density at radius 2 is 1.18 bits per heavy atom. The summed E-state index contributed by atoms with van der Waals surface area (Å²) in [5.74, 6) is 0. The molecule has 0 aliphatic rings. The molecule has 0 spiro atoms. The van der Waals surface area contributed by atoms with Gasteiger partial charge in [-0.2, -0.15) is 8.42 Å². The Bertz CT molecular complexity index is 159. The van der Waals surface area contributed by atoms with Crippen LogP contribution < -0.4 is 0 Å². The van der Waals surface area contributed by atoms with Gasteiger partial charge in [-0.15, -0.1) is 0 Å². The second-order valence-corrected chi connectivity index (χ2v) is 1.57. The third kappa shape index (κ3) is 95700. The maximum atomic E-state index is 8.74. The first-order valence-corrected chi connectivity index (χ1v) is 2.64. The van der Waals surface area contributed by atoms with Crippen molar-refractivity contribution < 1.29 is 56.2 Å². The van der Waals surface area contributed by atoms with E-state index in [9.17, 15) is 0 Å². The van der Waals surface area contributed by atoms with Crippen LogP contribution in [0.2, 0.25) is 0 Å². The van der Waals surface area contributed by atoms with E-state index < -0.39 is 15.5 Å². The van der Waals surface area contributed by atoms with Crippen molar-refractivity contribution in [1.29, 1.82) is 0 Å². The molecular weight excluding hydrogens is 276 g/mol. The standard InChI is InChI=1S/2Co.NO3.H2O4S/c;;2-1(3)4;1-5(2,3)4/h;;;(H2,1,2,3,4)/q;+2;-1;. The molecule has 72 valence electrons. The summed E-state index contributed by atoms with van der Waals surface area (Å²) in [6.07, 6.45) is 0. The summed E-state index contributed by atoms with van der Waals surface area (Å²) in [6.45, 7) is 0. The Morgan fingerprint density at radius 1 is 1.18 bits per heavy atom. The van der Waals surface area contributed by atoms with E-state index in [1.165, 1.54) is 0 Å². The molecule has 0 heterocycles. The van der Waals surface area contributed by atoms with Crippen molar-refractivity contribution in [2.24, 2.45) is 0 Å². The van der Waals surface area contributed by atoms with Gasteiger partial charge in [0.1, 0.15) is 0 Å². The first-order valence-electron chi connectivity index (χ1n) is 1.25. The molecule has 0 aromatic rings. The van der Waals surface area contributed by atoms with Gasteiger partial charge in [0.25, 0.3) is 0 Å². The van der Waals surface area contributed by atoms with Gasteiger partial charge in [0.2, 0.25) is 0 Å². The second kappa shape index (κ2) is 10.1. The van der Waals surface area contributed by atoms with E-state index in [-0.39, 0.29) is 33.6 Å². The predicted molar refractivity (Wildman–Crippen MR) is 24.5 cm³/mol. The predicted octanol–water partition coefficient (Wildman–Crippen LogP) is -0.897. The molecule has 0 saturated heterocycles. The molecule has 0 rings (SSSR count). The van der Waals surface area contributed by atoms with Gasteiger partial charge in [-0.3, -0.25) is 9.11 Å². The van der Waals surface area contributed by atoms with Crippen molar-refractivity contribution in [2.45, 2.75) is 0 Å². The molecule has 11 heteroatoms. The van der Waals surface area contributed by atoms with Crippen molar-refractivity contribution in [2.75, 3.05) is 0 Å². The van der Waals surface area contributed by atoms with Crippen LogP contribution in [-0.2, 0) is 44.0 Å². The fourth-order valence-corrected chi connectivity index (χ4v) is 0. The number of hydrogen-bond donors (Lipinski definition) is 2. The minimum atomic E-state index is -4.67. The zero-order valence-corrected chi connectivity index (χ0v) is 7.36. The molecule has 2 N–H and O–H groups in total. The third-order valence-electron chi connectivity index (χ3n) is 0. The van der Waals surface area contributed by atoms with Gasteiger partial charge in [0, 0.05) is 16.8 Å². The van der Waals surface area contributed by atoms with Crippen molar-refractivity contribution in [1.82, 2.24) is 0 Å². The molecule has 11 heavy (non-hydrogen) atoms.